The topological polar surface area (TPSA) is 54.3 Å². The highest BCUT2D eigenvalue weighted by Gasteiger charge is 2.30. The largest absolute Gasteiger partial charge is 0.493 e. The normalized spacial score (nSPS) is 14.4. The summed E-state index contributed by atoms with van der Waals surface area (Å²) in [6.45, 7) is 3.94. The van der Waals surface area contributed by atoms with Crippen LogP contribution in [0.4, 0.5) is 10.1 Å². The fourth-order valence-corrected chi connectivity index (χ4v) is 3.85. The maximum absolute atomic E-state index is 13.6. The maximum Gasteiger partial charge on any atom is 0.170 e. The molecular formula is C28H25FN2O2. The number of methoxy groups -OCH3 is 1. The third kappa shape index (κ3) is 5.07. The predicted octanol–water partition coefficient (Wildman–Crippen LogP) is 6.50. The Hall–Kier alpha value is -4.04. The number of halogens is 1. The van der Waals surface area contributed by atoms with Crippen LogP contribution in [0.15, 0.2) is 84.6 Å². The highest BCUT2D eigenvalue weighted by Crippen LogP contribution is 2.45. The molecule has 4 nitrogen and oxygen atoms in total. The van der Waals surface area contributed by atoms with Gasteiger partial charge in [0.1, 0.15) is 11.4 Å². The Balaban J connectivity index is 1.73. The summed E-state index contributed by atoms with van der Waals surface area (Å²) in [6.07, 6.45) is 4.17. The van der Waals surface area contributed by atoms with Crippen LogP contribution in [0.2, 0.25) is 0 Å². The smallest absolute Gasteiger partial charge is 0.170 e. The van der Waals surface area contributed by atoms with Crippen LogP contribution in [-0.2, 0) is 6.42 Å². The zero-order valence-electron chi connectivity index (χ0n) is 18.9. The number of hydrogen-bond acceptors (Lipinski definition) is 4. The number of nitrogens with zero attached hydrogens (tertiary/aromatic N) is 1. The molecule has 1 aliphatic rings. The zero-order valence-corrected chi connectivity index (χ0v) is 18.9. The highest BCUT2D eigenvalue weighted by molar-refractivity contribution is 5.86. The van der Waals surface area contributed by atoms with Crippen molar-refractivity contribution in [3.05, 3.63) is 107 Å². The van der Waals surface area contributed by atoms with Gasteiger partial charge < -0.3 is 14.8 Å². The minimum absolute atomic E-state index is 0.285. The van der Waals surface area contributed by atoms with Crippen molar-refractivity contribution >= 4 is 11.3 Å². The van der Waals surface area contributed by atoms with Gasteiger partial charge in [0.2, 0.25) is 0 Å². The standard InChI is InChI=1S/C28H25FN2O2/c1-28(2)16-25(21-9-11-22(29)12-10-21)24-14-19(15-26(32-3)27(24)33-28)13-20(17-30)18-31-23-7-5-4-6-8-23/h4-12,14-16,18,31H,13H2,1-3H3/b20-18-. The molecule has 0 aliphatic carbocycles. The summed E-state index contributed by atoms with van der Waals surface area (Å²) in [7, 11) is 1.60. The molecule has 166 valence electrons. The van der Waals surface area contributed by atoms with E-state index in [2.05, 4.69) is 11.4 Å². The van der Waals surface area contributed by atoms with Gasteiger partial charge >= 0.3 is 0 Å². The number of allylic oxidation sites excluding steroid dienone is 1. The maximum atomic E-state index is 13.6. The van der Waals surface area contributed by atoms with Crippen LogP contribution in [0.3, 0.4) is 0 Å². The van der Waals surface area contributed by atoms with Crippen LogP contribution in [0, 0.1) is 17.1 Å². The van der Waals surface area contributed by atoms with Crippen LogP contribution < -0.4 is 14.8 Å². The first-order chi connectivity index (χ1) is 15.9. The monoisotopic (exact) mass is 440 g/mol. The number of ether oxygens (including phenoxy) is 2. The van der Waals surface area contributed by atoms with Crippen molar-refractivity contribution in [2.45, 2.75) is 25.9 Å². The molecule has 0 saturated heterocycles. The van der Waals surface area contributed by atoms with Gasteiger partial charge in [-0.05, 0) is 73.0 Å². The van der Waals surface area contributed by atoms with Crippen molar-refractivity contribution in [3.63, 3.8) is 0 Å². The Morgan fingerprint density at radius 2 is 1.85 bits per heavy atom. The molecule has 33 heavy (non-hydrogen) atoms. The number of nitriles is 1. The van der Waals surface area contributed by atoms with Gasteiger partial charge in [0.15, 0.2) is 11.5 Å². The lowest BCUT2D eigenvalue weighted by Gasteiger charge is -2.32. The van der Waals surface area contributed by atoms with E-state index in [1.54, 1.807) is 25.4 Å². The predicted molar refractivity (Wildman–Crippen MR) is 129 cm³/mol. The number of fused-ring (bicyclic) bond motifs is 1. The Morgan fingerprint density at radius 3 is 2.52 bits per heavy atom. The number of hydrogen-bond donors (Lipinski definition) is 1. The molecule has 0 amide bonds. The summed E-state index contributed by atoms with van der Waals surface area (Å²) >= 11 is 0. The van der Waals surface area contributed by atoms with Crippen molar-refractivity contribution < 1.29 is 13.9 Å². The molecule has 0 bridgehead atoms. The Kier molecular flexibility index (Phi) is 6.19. The molecule has 1 aliphatic heterocycles. The second kappa shape index (κ2) is 9.22. The Labute approximate surface area is 193 Å². The van der Waals surface area contributed by atoms with Gasteiger partial charge in [-0.3, -0.25) is 0 Å². The van der Waals surface area contributed by atoms with Crippen molar-refractivity contribution in [1.29, 1.82) is 5.26 Å². The Bertz CT molecular complexity index is 1250. The van der Waals surface area contributed by atoms with E-state index in [1.807, 2.05) is 62.4 Å². The van der Waals surface area contributed by atoms with E-state index in [4.69, 9.17) is 9.47 Å². The van der Waals surface area contributed by atoms with Crippen LogP contribution in [-0.4, -0.2) is 12.7 Å². The molecule has 3 aromatic rings. The summed E-state index contributed by atoms with van der Waals surface area (Å²) in [5.41, 5.74) is 4.49. The van der Waals surface area contributed by atoms with Crippen LogP contribution >= 0.6 is 0 Å². The lowest BCUT2D eigenvalue weighted by Crippen LogP contribution is -2.29. The van der Waals surface area contributed by atoms with Crippen molar-refractivity contribution in [2.24, 2.45) is 0 Å². The molecule has 5 heteroatoms. The average molecular weight is 441 g/mol. The molecule has 4 rings (SSSR count). The van der Waals surface area contributed by atoms with Gasteiger partial charge in [-0.25, -0.2) is 4.39 Å². The average Bonchev–Trinajstić information content (AvgIpc) is 2.81. The second-order valence-corrected chi connectivity index (χ2v) is 8.41. The van der Waals surface area contributed by atoms with Crippen molar-refractivity contribution in [3.8, 4) is 17.6 Å². The first-order valence-electron chi connectivity index (χ1n) is 10.7. The molecule has 3 aromatic carbocycles. The molecule has 0 unspecified atom stereocenters. The number of benzene rings is 3. The first-order valence-corrected chi connectivity index (χ1v) is 10.7. The van der Waals surface area contributed by atoms with E-state index in [-0.39, 0.29) is 5.82 Å². The number of para-hydroxylation sites is 1. The van der Waals surface area contributed by atoms with E-state index in [0.29, 0.717) is 23.5 Å². The molecule has 0 spiro atoms. The number of anilines is 1. The molecule has 0 radical (unpaired) electrons. The fourth-order valence-electron chi connectivity index (χ4n) is 3.85. The quantitative estimate of drug-likeness (QED) is 0.445. The lowest BCUT2D eigenvalue weighted by atomic mass is 9.88. The van der Waals surface area contributed by atoms with Gasteiger partial charge in [-0.2, -0.15) is 5.26 Å². The SMILES string of the molecule is COc1cc(C/C(C#N)=C/Nc2ccccc2)cc2c1OC(C)(C)C=C2c1ccc(F)cc1. The third-order valence-electron chi connectivity index (χ3n) is 5.36. The van der Waals surface area contributed by atoms with Crippen molar-refractivity contribution in [1.82, 2.24) is 0 Å². The number of nitrogens with one attached hydrogen (secondary N) is 1. The number of rotatable bonds is 6. The molecule has 0 atom stereocenters. The third-order valence-corrected chi connectivity index (χ3v) is 5.36. The summed E-state index contributed by atoms with van der Waals surface area (Å²) in [6, 6.07) is 22.3. The molecule has 0 fully saturated rings. The van der Waals surface area contributed by atoms with E-state index < -0.39 is 5.60 Å². The summed E-state index contributed by atoms with van der Waals surface area (Å²) in [5.74, 6) is 0.946. The van der Waals surface area contributed by atoms with Gasteiger partial charge in [-0.1, -0.05) is 30.3 Å². The van der Waals surface area contributed by atoms with E-state index >= 15 is 0 Å². The molecule has 0 saturated carbocycles. The highest BCUT2D eigenvalue weighted by atomic mass is 19.1. The summed E-state index contributed by atoms with van der Waals surface area (Å²) < 4.78 is 25.5. The van der Waals surface area contributed by atoms with Crippen LogP contribution in [0.25, 0.3) is 5.57 Å². The molecule has 1 heterocycles. The minimum atomic E-state index is -0.567. The van der Waals surface area contributed by atoms with Gasteiger partial charge in [0, 0.05) is 29.4 Å². The second-order valence-electron chi connectivity index (χ2n) is 8.41. The lowest BCUT2D eigenvalue weighted by molar-refractivity contribution is 0.151. The first kappa shape index (κ1) is 22.2. The van der Waals surface area contributed by atoms with E-state index in [0.717, 1.165) is 28.0 Å². The van der Waals surface area contributed by atoms with Crippen molar-refractivity contribution in [2.75, 3.05) is 12.4 Å². The summed E-state index contributed by atoms with van der Waals surface area (Å²) in [4.78, 5) is 0. The van der Waals surface area contributed by atoms with Crippen LogP contribution in [0.5, 0.6) is 11.5 Å². The fraction of sp³-hybridized carbons (Fsp3) is 0.179. The minimum Gasteiger partial charge on any atom is -0.493 e. The Morgan fingerprint density at radius 1 is 1.12 bits per heavy atom. The zero-order chi connectivity index (χ0) is 23.4. The summed E-state index contributed by atoms with van der Waals surface area (Å²) in [5, 5.41) is 12.9. The molecule has 0 aromatic heterocycles. The van der Waals surface area contributed by atoms with E-state index in [1.165, 1.54) is 12.1 Å². The molecular weight excluding hydrogens is 415 g/mol. The van der Waals surface area contributed by atoms with Gasteiger partial charge in [0.25, 0.3) is 0 Å². The van der Waals surface area contributed by atoms with Crippen LogP contribution in [0.1, 0.15) is 30.5 Å². The van der Waals surface area contributed by atoms with Gasteiger partial charge in [0.05, 0.1) is 13.2 Å². The molecule has 1 N–H and O–H groups in total. The van der Waals surface area contributed by atoms with E-state index in [9.17, 15) is 9.65 Å². The van der Waals surface area contributed by atoms with Gasteiger partial charge in [-0.15, -0.1) is 0 Å².